The zero-order chi connectivity index (χ0) is 14.5. The lowest BCUT2D eigenvalue weighted by molar-refractivity contribution is 0.0787. The van der Waals surface area contributed by atoms with Gasteiger partial charge in [0.25, 0.3) is 5.91 Å². The van der Waals surface area contributed by atoms with Crippen molar-refractivity contribution in [2.45, 2.75) is 19.8 Å². The van der Waals surface area contributed by atoms with Gasteiger partial charge in [-0.3, -0.25) is 4.79 Å². The number of carbonyl (C=O) groups excluding carboxylic acids is 1. The van der Waals surface area contributed by atoms with E-state index in [4.69, 9.17) is 5.73 Å². The maximum Gasteiger partial charge on any atom is 0.274 e. The van der Waals surface area contributed by atoms with E-state index in [0.717, 1.165) is 25.1 Å². The van der Waals surface area contributed by atoms with E-state index in [1.54, 1.807) is 28.9 Å². The van der Waals surface area contributed by atoms with Gasteiger partial charge in [-0.15, -0.1) is 0 Å². The van der Waals surface area contributed by atoms with E-state index in [1.807, 2.05) is 24.3 Å². The zero-order valence-electron chi connectivity index (χ0n) is 11.9. The molecule has 1 aromatic heterocycles. The third kappa shape index (κ3) is 3.17. The first kappa shape index (κ1) is 14.1. The molecule has 20 heavy (non-hydrogen) atoms. The van der Waals surface area contributed by atoms with Crippen molar-refractivity contribution in [3.63, 3.8) is 0 Å². The maximum absolute atomic E-state index is 12.2. The highest BCUT2D eigenvalue weighted by atomic mass is 16.2. The number of amides is 1. The van der Waals surface area contributed by atoms with Crippen molar-refractivity contribution in [3.05, 3.63) is 42.2 Å². The van der Waals surface area contributed by atoms with Gasteiger partial charge in [0.1, 0.15) is 0 Å². The van der Waals surface area contributed by atoms with Crippen LogP contribution in [0.4, 0.5) is 5.69 Å². The van der Waals surface area contributed by atoms with Crippen LogP contribution in [0.15, 0.2) is 36.5 Å². The summed E-state index contributed by atoms with van der Waals surface area (Å²) < 4.78 is 1.66. The van der Waals surface area contributed by atoms with Crippen LogP contribution in [0, 0.1) is 0 Å². The Labute approximate surface area is 119 Å². The second-order valence-electron chi connectivity index (χ2n) is 4.82. The number of rotatable bonds is 5. The van der Waals surface area contributed by atoms with E-state index in [2.05, 4.69) is 12.0 Å². The fraction of sp³-hybridized carbons (Fsp3) is 0.333. The predicted octanol–water partition coefficient (Wildman–Crippen LogP) is 2.33. The van der Waals surface area contributed by atoms with E-state index in [1.165, 1.54) is 0 Å². The number of nitrogens with zero attached hydrogens (tertiary/aromatic N) is 3. The Balaban J connectivity index is 2.14. The molecular weight excluding hydrogens is 252 g/mol. The van der Waals surface area contributed by atoms with E-state index in [0.29, 0.717) is 11.4 Å². The minimum Gasteiger partial charge on any atom is -0.399 e. The van der Waals surface area contributed by atoms with Gasteiger partial charge in [-0.25, -0.2) is 4.68 Å². The van der Waals surface area contributed by atoms with Crippen molar-refractivity contribution in [1.29, 1.82) is 0 Å². The van der Waals surface area contributed by atoms with E-state index in [9.17, 15) is 4.79 Å². The van der Waals surface area contributed by atoms with E-state index in [-0.39, 0.29) is 5.91 Å². The smallest absolute Gasteiger partial charge is 0.274 e. The number of nitrogens with two attached hydrogens (primary N) is 1. The van der Waals surface area contributed by atoms with Crippen molar-refractivity contribution < 1.29 is 4.79 Å². The third-order valence-electron chi connectivity index (χ3n) is 3.14. The number of unbranched alkanes of at least 4 members (excludes halogenated alkanes) is 1. The Kier molecular flexibility index (Phi) is 4.40. The summed E-state index contributed by atoms with van der Waals surface area (Å²) in [5.74, 6) is -0.0545. The van der Waals surface area contributed by atoms with Gasteiger partial charge in [0.15, 0.2) is 5.69 Å². The van der Waals surface area contributed by atoms with Crippen LogP contribution in [0.5, 0.6) is 0 Å². The van der Waals surface area contributed by atoms with Crippen LogP contribution in [0.2, 0.25) is 0 Å². The number of hydrogen-bond acceptors (Lipinski definition) is 3. The highest BCUT2D eigenvalue weighted by Gasteiger charge is 2.14. The SMILES string of the molecule is CCCCN(C)C(=O)c1ccn(-c2cccc(N)c2)n1. The molecule has 1 heterocycles. The number of hydrogen-bond donors (Lipinski definition) is 1. The largest absolute Gasteiger partial charge is 0.399 e. The molecule has 0 aliphatic heterocycles. The maximum atomic E-state index is 12.2. The van der Waals surface area contributed by atoms with Gasteiger partial charge in [-0.05, 0) is 30.7 Å². The number of nitrogen functional groups attached to an aromatic ring is 1. The second kappa shape index (κ2) is 6.23. The van der Waals surface area contributed by atoms with Crippen LogP contribution >= 0.6 is 0 Å². The molecule has 5 nitrogen and oxygen atoms in total. The highest BCUT2D eigenvalue weighted by Crippen LogP contribution is 2.12. The molecule has 2 aromatic rings. The Hall–Kier alpha value is -2.30. The number of benzene rings is 1. The normalized spacial score (nSPS) is 10.5. The fourth-order valence-electron chi connectivity index (χ4n) is 1.94. The molecule has 0 spiro atoms. The quantitative estimate of drug-likeness (QED) is 0.850. The van der Waals surface area contributed by atoms with Crippen molar-refractivity contribution >= 4 is 11.6 Å². The van der Waals surface area contributed by atoms with Gasteiger partial charge >= 0.3 is 0 Å². The average Bonchev–Trinajstić information content (AvgIpc) is 2.93. The lowest BCUT2D eigenvalue weighted by atomic mass is 10.3. The zero-order valence-corrected chi connectivity index (χ0v) is 11.9. The van der Waals surface area contributed by atoms with Crippen LogP contribution in [-0.2, 0) is 0 Å². The number of carbonyl (C=O) groups is 1. The summed E-state index contributed by atoms with van der Waals surface area (Å²) in [6, 6.07) is 9.13. The van der Waals surface area contributed by atoms with Crippen molar-refractivity contribution in [1.82, 2.24) is 14.7 Å². The fourth-order valence-corrected chi connectivity index (χ4v) is 1.94. The summed E-state index contributed by atoms with van der Waals surface area (Å²) in [6.07, 6.45) is 3.84. The Morgan fingerprint density at radius 3 is 2.90 bits per heavy atom. The van der Waals surface area contributed by atoms with Gasteiger partial charge < -0.3 is 10.6 Å². The first-order valence-electron chi connectivity index (χ1n) is 6.79. The first-order valence-corrected chi connectivity index (χ1v) is 6.79. The molecule has 1 aromatic carbocycles. The van der Waals surface area contributed by atoms with Crippen LogP contribution in [0.1, 0.15) is 30.3 Å². The summed E-state index contributed by atoms with van der Waals surface area (Å²) >= 11 is 0. The Bertz CT molecular complexity index is 591. The topological polar surface area (TPSA) is 64.2 Å². The standard InChI is InChI=1S/C15H20N4O/c1-3-4-9-18(2)15(20)14-8-10-19(17-14)13-7-5-6-12(16)11-13/h5-8,10-11H,3-4,9,16H2,1-2H3. The first-order chi connectivity index (χ1) is 9.61. The van der Waals surface area contributed by atoms with E-state index >= 15 is 0 Å². The minimum atomic E-state index is -0.0545. The van der Waals surface area contributed by atoms with Crippen LogP contribution in [0.3, 0.4) is 0 Å². The summed E-state index contributed by atoms with van der Waals surface area (Å²) in [4.78, 5) is 13.9. The van der Waals surface area contributed by atoms with Gasteiger partial charge in [0, 0.05) is 25.5 Å². The molecule has 1 amide bonds. The molecule has 2 N–H and O–H groups in total. The molecule has 0 radical (unpaired) electrons. The van der Waals surface area contributed by atoms with E-state index < -0.39 is 0 Å². The van der Waals surface area contributed by atoms with Crippen LogP contribution < -0.4 is 5.73 Å². The van der Waals surface area contributed by atoms with Crippen molar-refractivity contribution in [2.24, 2.45) is 0 Å². The molecule has 0 aliphatic carbocycles. The molecule has 0 aliphatic rings. The average molecular weight is 272 g/mol. The molecule has 0 atom stereocenters. The summed E-state index contributed by atoms with van der Waals surface area (Å²) in [6.45, 7) is 2.85. The molecule has 0 saturated carbocycles. The molecule has 2 rings (SSSR count). The van der Waals surface area contributed by atoms with Gasteiger partial charge in [0.05, 0.1) is 5.69 Å². The lowest BCUT2D eigenvalue weighted by Crippen LogP contribution is -2.28. The van der Waals surface area contributed by atoms with Gasteiger partial charge in [-0.2, -0.15) is 5.10 Å². The molecule has 5 heteroatoms. The molecule has 0 bridgehead atoms. The minimum absolute atomic E-state index is 0.0545. The number of aromatic nitrogens is 2. The molecule has 0 unspecified atom stereocenters. The van der Waals surface area contributed by atoms with Gasteiger partial charge in [0.2, 0.25) is 0 Å². The second-order valence-corrected chi connectivity index (χ2v) is 4.82. The molecule has 0 fully saturated rings. The third-order valence-corrected chi connectivity index (χ3v) is 3.14. The summed E-state index contributed by atoms with van der Waals surface area (Å²) in [5, 5.41) is 4.32. The van der Waals surface area contributed by atoms with Crippen molar-refractivity contribution in [3.8, 4) is 5.69 Å². The Morgan fingerprint density at radius 1 is 1.40 bits per heavy atom. The van der Waals surface area contributed by atoms with Crippen molar-refractivity contribution in [2.75, 3.05) is 19.3 Å². The summed E-state index contributed by atoms with van der Waals surface area (Å²) in [5.41, 5.74) is 7.72. The lowest BCUT2D eigenvalue weighted by Gasteiger charge is -2.14. The highest BCUT2D eigenvalue weighted by molar-refractivity contribution is 5.92. The number of anilines is 1. The van der Waals surface area contributed by atoms with Crippen LogP contribution in [0.25, 0.3) is 5.69 Å². The van der Waals surface area contributed by atoms with Gasteiger partial charge in [-0.1, -0.05) is 19.4 Å². The van der Waals surface area contributed by atoms with Crippen LogP contribution in [-0.4, -0.2) is 34.2 Å². The molecule has 0 saturated heterocycles. The molecular formula is C15H20N4O. The summed E-state index contributed by atoms with van der Waals surface area (Å²) in [7, 11) is 1.80. The Morgan fingerprint density at radius 2 is 2.20 bits per heavy atom. The molecule has 106 valence electrons. The monoisotopic (exact) mass is 272 g/mol. The predicted molar refractivity (Wildman–Crippen MR) is 79.8 cm³/mol.